The summed E-state index contributed by atoms with van der Waals surface area (Å²) in [7, 11) is 0. The molecule has 0 saturated heterocycles. The van der Waals surface area contributed by atoms with E-state index in [0.717, 1.165) is 17.8 Å². The van der Waals surface area contributed by atoms with E-state index >= 15 is 0 Å². The first-order valence-corrected chi connectivity index (χ1v) is 9.51. The molecule has 1 N–H and O–H groups in total. The molecule has 1 heterocycles. The number of amides is 1. The zero-order chi connectivity index (χ0) is 21.0. The van der Waals surface area contributed by atoms with Crippen LogP contribution in [0.3, 0.4) is 0 Å². The van der Waals surface area contributed by atoms with Gasteiger partial charge in [0.05, 0.1) is 15.7 Å². The number of carbonyl (C=O) groups is 2. The van der Waals surface area contributed by atoms with Crippen molar-refractivity contribution in [2.45, 2.75) is 12.1 Å². The van der Waals surface area contributed by atoms with Gasteiger partial charge in [-0.25, -0.2) is 0 Å². The largest absolute Gasteiger partial charge is 0.411 e. The maximum absolute atomic E-state index is 12.4. The Morgan fingerprint density at radius 2 is 1.93 bits per heavy atom. The molecular weight excluding hydrogens is 420 g/mol. The van der Waals surface area contributed by atoms with Crippen LogP contribution < -0.4 is 5.32 Å². The number of hydrogen-bond donors (Lipinski definition) is 1. The van der Waals surface area contributed by atoms with Crippen LogP contribution in [0.1, 0.15) is 17.3 Å². The number of nitro groups is 1. The number of nitrogens with one attached hydrogen (secondary N) is 1. The minimum atomic E-state index is -0.595. The van der Waals surface area contributed by atoms with Gasteiger partial charge < -0.3 is 9.73 Å². The molecule has 11 heteroatoms. The third-order valence-corrected chi connectivity index (χ3v) is 4.79. The van der Waals surface area contributed by atoms with Crippen LogP contribution in [-0.4, -0.2) is 32.6 Å². The highest BCUT2D eigenvalue weighted by Gasteiger charge is 2.18. The van der Waals surface area contributed by atoms with Crippen molar-refractivity contribution in [3.05, 3.63) is 63.2 Å². The maximum atomic E-state index is 12.4. The highest BCUT2D eigenvalue weighted by molar-refractivity contribution is 7.99. The Balaban J connectivity index is 1.66. The van der Waals surface area contributed by atoms with E-state index < -0.39 is 10.7 Å². The van der Waals surface area contributed by atoms with Gasteiger partial charge in [0.2, 0.25) is 11.8 Å². The highest BCUT2D eigenvalue weighted by Crippen LogP contribution is 2.27. The third-order valence-electron chi connectivity index (χ3n) is 3.65. The fourth-order valence-electron chi connectivity index (χ4n) is 2.33. The molecule has 0 aliphatic carbocycles. The second-order valence-electron chi connectivity index (χ2n) is 5.76. The van der Waals surface area contributed by atoms with E-state index in [1.807, 2.05) is 0 Å². The summed E-state index contributed by atoms with van der Waals surface area (Å²) in [6.45, 7) is 1.41. The van der Waals surface area contributed by atoms with E-state index in [0.29, 0.717) is 11.3 Å². The molecule has 3 aromatic rings. The lowest BCUT2D eigenvalue weighted by atomic mass is 10.1. The van der Waals surface area contributed by atoms with Gasteiger partial charge in [-0.2, -0.15) is 0 Å². The predicted molar refractivity (Wildman–Crippen MR) is 107 cm³/mol. The Morgan fingerprint density at radius 3 is 2.59 bits per heavy atom. The van der Waals surface area contributed by atoms with E-state index in [2.05, 4.69) is 15.5 Å². The first-order valence-electron chi connectivity index (χ1n) is 8.15. The number of thioether (sulfide) groups is 1. The van der Waals surface area contributed by atoms with Crippen molar-refractivity contribution in [1.29, 1.82) is 0 Å². The highest BCUT2D eigenvalue weighted by atomic mass is 35.5. The summed E-state index contributed by atoms with van der Waals surface area (Å²) in [6.07, 6.45) is 0. The minimum Gasteiger partial charge on any atom is -0.411 e. The summed E-state index contributed by atoms with van der Waals surface area (Å²) < 4.78 is 5.53. The number of aromatic nitrogens is 2. The molecule has 0 atom stereocenters. The number of benzene rings is 2. The van der Waals surface area contributed by atoms with E-state index in [1.165, 1.54) is 19.1 Å². The standard InChI is InChI=1S/C18H13ClN4O5S/c1-10(24)20-12-4-2-11(3-5-12)17-21-22-18(28-17)29-9-16(25)14-8-13(23(26)27)6-7-15(14)19/h2-8H,9H2,1H3,(H,20,24). The Labute approximate surface area is 173 Å². The normalized spacial score (nSPS) is 10.6. The lowest BCUT2D eigenvalue weighted by molar-refractivity contribution is -0.384. The molecule has 0 bridgehead atoms. The molecule has 148 valence electrons. The number of hydrogen-bond acceptors (Lipinski definition) is 8. The molecule has 9 nitrogen and oxygen atoms in total. The lowest BCUT2D eigenvalue weighted by Gasteiger charge is -2.02. The summed E-state index contributed by atoms with van der Waals surface area (Å²) in [4.78, 5) is 33.7. The molecule has 0 aliphatic heterocycles. The monoisotopic (exact) mass is 432 g/mol. The Morgan fingerprint density at radius 1 is 1.21 bits per heavy atom. The van der Waals surface area contributed by atoms with Crippen LogP contribution in [0.25, 0.3) is 11.5 Å². The van der Waals surface area contributed by atoms with E-state index in [4.69, 9.17) is 16.0 Å². The summed E-state index contributed by atoms with van der Waals surface area (Å²) in [6, 6.07) is 10.5. The summed E-state index contributed by atoms with van der Waals surface area (Å²) >= 11 is 6.97. The van der Waals surface area contributed by atoms with Gasteiger partial charge in [-0.1, -0.05) is 23.4 Å². The van der Waals surface area contributed by atoms with E-state index in [1.54, 1.807) is 24.3 Å². The van der Waals surface area contributed by atoms with Gasteiger partial charge in [0, 0.05) is 35.9 Å². The number of non-ortho nitro benzene ring substituents is 1. The molecule has 29 heavy (non-hydrogen) atoms. The molecule has 0 aliphatic rings. The third kappa shape index (κ3) is 5.18. The number of halogens is 1. The van der Waals surface area contributed by atoms with Crippen LogP contribution in [0.15, 0.2) is 52.1 Å². The second kappa shape index (κ2) is 8.84. The Bertz CT molecular complexity index is 1080. The minimum absolute atomic E-state index is 0.0571. The van der Waals surface area contributed by atoms with Gasteiger partial charge in [0.15, 0.2) is 5.78 Å². The van der Waals surface area contributed by atoms with Crippen LogP contribution in [0.4, 0.5) is 11.4 Å². The number of Topliss-reactive ketones (excluding diaryl/α,β-unsaturated/α-hetero) is 1. The SMILES string of the molecule is CC(=O)Nc1ccc(-c2nnc(SCC(=O)c3cc([N+](=O)[O-])ccc3Cl)o2)cc1. The number of anilines is 1. The van der Waals surface area contributed by atoms with Gasteiger partial charge in [0.1, 0.15) is 0 Å². The zero-order valence-corrected chi connectivity index (χ0v) is 16.5. The van der Waals surface area contributed by atoms with Gasteiger partial charge in [-0.3, -0.25) is 19.7 Å². The van der Waals surface area contributed by atoms with Crippen molar-refractivity contribution in [2.75, 3.05) is 11.1 Å². The zero-order valence-electron chi connectivity index (χ0n) is 14.9. The molecule has 0 spiro atoms. The quantitative estimate of drug-likeness (QED) is 0.254. The molecule has 0 saturated carbocycles. The van der Waals surface area contributed by atoms with E-state index in [9.17, 15) is 19.7 Å². The van der Waals surface area contributed by atoms with Gasteiger partial charge in [0.25, 0.3) is 10.9 Å². The number of rotatable bonds is 7. The van der Waals surface area contributed by atoms with E-state index in [-0.39, 0.29) is 39.0 Å². The van der Waals surface area contributed by atoms with Crippen LogP contribution in [-0.2, 0) is 4.79 Å². The van der Waals surface area contributed by atoms with Gasteiger partial charge in [-0.15, -0.1) is 10.2 Å². The fraction of sp³-hybridized carbons (Fsp3) is 0.111. The van der Waals surface area contributed by atoms with Crippen molar-refractivity contribution >= 4 is 46.4 Å². The summed E-state index contributed by atoms with van der Waals surface area (Å²) in [5, 5.41) is 21.6. The first-order chi connectivity index (χ1) is 13.8. The molecule has 0 fully saturated rings. The van der Waals surface area contributed by atoms with Gasteiger partial charge in [-0.05, 0) is 30.3 Å². The summed E-state index contributed by atoms with van der Waals surface area (Å²) in [5.74, 6) is -0.405. The van der Waals surface area contributed by atoms with Crippen molar-refractivity contribution < 1.29 is 18.9 Å². The molecule has 1 aromatic heterocycles. The lowest BCUT2D eigenvalue weighted by Crippen LogP contribution is -2.05. The smallest absolute Gasteiger partial charge is 0.277 e. The molecule has 1 amide bonds. The predicted octanol–water partition coefficient (Wildman–Crippen LogP) is 4.23. The molecular formula is C18H13ClN4O5S. The van der Waals surface area contributed by atoms with Crippen LogP contribution in [0.2, 0.25) is 5.02 Å². The first kappa shape index (κ1) is 20.5. The molecule has 0 radical (unpaired) electrons. The average Bonchev–Trinajstić information content (AvgIpc) is 3.15. The average molecular weight is 433 g/mol. The Hall–Kier alpha value is -3.24. The number of ketones is 1. The topological polar surface area (TPSA) is 128 Å². The summed E-state index contributed by atoms with van der Waals surface area (Å²) in [5.41, 5.74) is 1.12. The second-order valence-corrected chi connectivity index (χ2v) is 7.10. The van der Waals surface area contributed by atoms with Crippen LogP contribution in [0, 0.1) is 10.1 Å². The number of nitrogens with zero attached hydrogens (tertiary/aromatic N) is 3. The van der Waals surface area contributed by atoms with Crippen LogP contribution >= 0.6 is 23.4 Å². The molecule has 2 aromatic carbocycles. The molecule has 0 unspecified atom stereocenters. The maximum Gasteiger partial charge on any atom is 0.277 e. The van der Waals surface area contributed by atoms with Crippen molar-refractivity contribution in [1.82, 2.24) is 10.2 Å². The molecule has 3 rings (SSSR count). The number of carbonyl (C=O) groups excluding carboxylic acids is 2. The van der Waals surface area contributed by atoms with Crippen molar-refractivity contribution in [3.63, 3.8) is 0 Å². The Kier molecular flexibility index (Phi) is 6.25. The number of nitro benzene ring substituents is 1. The fourth-order valence-corrected chi connectivity index (χ4v) is 3.20. The van der Waals surface area contributed by atoms with Crippen LogP contribution in [0.5, 0.6) is 0 Å². The van der Waals surface area contributed by atoms with Gasteiger partial charge >= 0.3 is 0 Å². The van der Waals surface area contributed by atoms with Crippen molar-refractivity contribution in [3.8, 4) is 11.5 Å². The van der Waals surface area contributed by atoms with Crippen molar-refractivity contribution in [2.24, 2.45) is 0 Å².